The van der Waals surface area contributed by atoms with Gasteiger partial charge in [0, 0.05) is 6.07 Å². The van der Waals surface area contributed by atoms with E-state index in [1.54, 1.807) is 6.08 Å². The molecule has 0 unspecified atom stereocenters. The van der Waals surface area contributed by atoms with Crippen LogP contribution >= 0.6 is 0 Å². The van der Waals surface area contributed by atoms with Crippen LogP contribution in [0.4, 0.5) is 0 Å². The number of hydrogen-bond acceptors (Lipinski definition) is 1. The molecule has 1 aromatic heterocycles. The molecule has 0 radical (unpaired) electrons. The third kappa shape index (κ3) is 0.703. The summed E-state index contributed by atoms with van der Waals surface area (Å²) < 4.78 is 0. The number of nitrogens with one attached hydrogen (secondary N) is 2. The van der Waals surface area contributed by atoms with Crippen molar-refractivity contribution in [1.29, 1.82) is 0 Å². The Morgan fingerprint density at radius 1 is 1.62 bits per heavy atom. The second kappa shape index (κ2) is 1.69. The van der Waals surface area contributed by atoms with Crippen LogP contribution < -0.4 is 5.56 Å². The molecule has 0 aromatic carbocycles. The fraction of sp³-hybridized carbons (Fsp3) is 0. The van der Waals surface area contributed by atoms with Crippen LogP contribution in [0, 0.1) is 0 Å². The van der Waals surface area contributed by atoms with E-state index in [1.165, 1.54) is 6.07 Å². The zero-order chi connectivity index (χ0) is 5.98. The van der Waals surface area contributed by atoms with E-state index in [-0.39, 0.29) is 5.56 Å². The van der Waals surface area contributed by atoms with Crippen LogP contribution in [0.2, 0.25) is 0 Å². The minimum absolute atomic E-state index is 0.125. The summed E-state index contributed by atoms with van der Waals surface area (Å²) in [4.78, 5) is 10.3. The van der Waals surface area contributed by atoms with Crippen molar-refractivity contribution in [2.24, 2.45) is 0 Å². The first-order valence-electron chi connectivity index (χ1n) is 2.23. The molecule has 0 atom stereocenters. The summed E-state index contributed by atoms with van der Waals surface area (Å²) in [5, 5.41) is 4.97. The smallest absolute Gasteiger partial charge is 0.264 e. The third-order valence-corrected chi connectivity index (χ3v) is 0.837. The predicted molar refractivity (Wildman–Crippen MR) is 31.5 cm³/mol. The van der Waals surface area contributed by atoms with Gasteiger partial charge in [-0.1, -0.05) is 6.58 Å². The summed E-state index contributed by atoms with van der Waals surface area (Å²) in [5.41, 5.74) is 0.593. The van der Waals surface area contributed by atoms with Gasteiger partial charge in [-0.2, -0.15) is 0 Å². The maximum Gasteiger partial charge on any atom is 0.264 e. The van der Waals surface area contributed by atoms with Crippen molar-refractivity contribution in [2.75, 3.05) is 0 Å². The molecule has 3 heteroatoms. The molecule has 0 spiro atoms. The molecule has 8 heavy (non-hydrogen) atoms. The minimum atomic E-state index is -0.125. The molecule has 1 heterocycles. The third-order valence-electron chi connectivity index (χ3n) is 0.837. The van der Waals surface area contributed by atoms with Crippen LogP contribution in [0.15, 0.2) is 17.4 Å². The van der Waals surface area contributed by atoms with Gasteiger partial charge in [-0.15, -0.1) is 0 Å². The summed E-state index contributed by atoms with van der Waals surface area (Å²) in [6.45, 7) is 3.45. The number of aromatic amines is 2. The molecule has 0 fully saturated rings. The average molecular weight is 110 g/mol. The molecule has 2 N–H and O–H groups in total. The fourth-order valence-corrected chi connectivity index (χ4v) is 0.457. The van der Waals surface area contributed by atoms with E-state index in [9.17, 15) is 4.79 Å². The van der Waals surface area contributed by atoms with Gasteiger partial charge in [-0.25, -0.2) is 0 Å². The van der Waals surface area contributed by atoms with Gasteiger partial charge in [0.2, 0.25) is 0 Å². The molecular weight excluding hydrogens is 104 g/mol. The molecule has 1 aromatic rings. The molecule has 3 nitrogen and oxygen atoms in total. The number of aromatic nitrogens is 2. The molecule has 0 amide bonds. The van der Waals surface area contributed by atoms with Gasteiger partial charge in [-0.3, -0.25) is 15.0 Å². The predicted octanol–water partition coefficient (Wildman–Crippen LogP) is 0.346. The lowest BCUT2D eigenvalue weighted by atomic mass is 10.4. The Hall–Kier alpha value is -1.25. The van der Waals surface area contributed by atoms with E-state index in [0.29, 0.717) is 0 Å². The number of H-pyrrole nitrogens is 2. The van der Waals surface area contributed by atoms with Gasteiger partial charge >= 0.3 is 0 Å². The van der Waals surface area contributed by atoms with E-state index >= 15 is 0 Å². The van der Waals surface area contributed by atoms with E-state index in [0.717, 1.165) is 5.69 Å². The minimum Gasteiger partial charge on any atom is -0.298 e. The van der Waals surface area contributed by atoms with Crippen molar-refractivity contribution in [3.8, 4) is 0 Å². The van der Waals surface area contributed by atoms with Crippen molar-refractivity contribution in [2.45, 2.75) is 0 Å². The van der Waals surface area contributed by atoms with Crippen molar-refractivity contribution in [1.82, 2.24) is 10.2 Å². The lowest BCUT2D eigenvalue weighted by Gasteiger charge is -1.73. The van der Waals surface area contributed by atoms with E-state index in [4.69, 9.17) is 0 Å². The highest BCUT2D eigenvalue weighted by atomic mass is 16.1. The highest BCUT2D eigenvalue weighted by Gasteiger charge is 1.84. The molecule has 1 rings (SSSR count). The highest BCUT2D eigenvalue weighted by Crippen LogP contribution is 1.85. The van der Waals surface area contributed by atoms with Crippen LogP contribution in [-0.2, 0) is 0 Å². The van der Waals surface area contributed by atoms with Crippen molar-refractivity contribution < 1.29 is 0 Å². The summed E-state index contributed by atoms with van der Waals surface area (Å²) >= 11 is 0. The summed E-state index contributed by atoms with van der Waals surface area (Å²) in [7, 11) is 0. The van der Waals surface area contributed by atoms with Crippen LogP contribution in [0.1, 0.15) is 5.69 Å². The van der Waals surface area contributed by atoms with E-state index in [1.807, 2.05) is 0 Å². The molecule has 42 valence electrons. The van der Waals surface area contributed by atoms with Gasteiger partial charge in [0.25, 0.3) is 5.56 Å². The quantitative estimate of drug-likeness (QED) is 0.538. The van der Waals surface area contributed by atoms with Gasteiger partial charge in [0.05, 0.1) is 5.69 Å². The van der Waals surface area contributed by atoms with Crippen molar-refractivity contribution in [3.63, 3.8) is 0 Å². The monoisotopic (exact) mass is 110 g/mol. The lowest BCUT2D eigenvalue weighted by molar-refractivity contribution is 1.05. The topological polar surface area (TPSA) is 48.6 Å². The Morgan fingerprint density at radius 3 is 2.62 bits per heavy atom. The lowest BCUT2D eigenvalue weighted by Crippen LogP contribution is -1.93. The summed E-state index contributed by atoms with van der Waals surface area (Å²) in [5.74, 6) is 0. The molecule has 0 bridgehead atoms. The SMILES string of the molecule is C=Cc1cc(=O)[nH][nH]1. The average Bonchev–Trinajstić information content (AvgIpc) is 2.14. The van der Waals surface area contributed by atoms with Gasteiger partial charge in [0.1, 0.15) is 0 Å². The fourth-order valence-electron chi connectivity index (χ4n) is 0.457. The zero-order valence-electron chi connectivity index (χ0n) is 4.27. The first-order chi connectivity index (χ1) is 3.83. The van der Waals surface area contributed by atoms with Gasteiger partial charge in [0.15, 0.2) is 0 Å². The first-order valence-corrected chi connectivity index (χ1v) is 2.23. The van der Waals surface area contributed by atoms with Crippen LogP contribution in [0.25, 0.3) is 6.08 Å². The highest BCUT2D eigenvalue weighted by molar-refractivity contribution is 5.39. The molecule has 0 saturated carbocycles. The number of hydrogen-bond donors (Lipinski definition) is 2. The zero-order valence-corrected chi connectivity index (χ0v) is 4.27. The largest absolute Gasteiger partial charge is 0.298 e. The second-order valence-electron chi connectivity index (χ2n) is 1.42. The van der Waals surface area contributed by atoms with Crippen molar-refractivity contribution >= 4 is 6.08 Å². The Kier molecular flexibility index (Phi) is 1.04. The summed E-state index contributed by atoms with van der Waals surface area (Å²) in [6, 6.07) is 1.44. The molecule has 0 saturated heterocycles. The number of rotatable bonds is 1. The van der Waals surface area contributed by atoms with Crippen LogP contribution in [-0.4, -0.2) is 10.2 Å². The molecular formula is C5H6N2O. The second-order valence-corrected chi connectivity index (χ2v) is 1.42. The van der Waals surface area contributed by atoms with Crippen LogP contribution in [0.5, 0.6) is 0 Å². The Bertz CT molecular complexity index is 233. The standard InChI is InChI=1S/C5H6N2O/c1-2-4-3-5(8)7-6-4/h2-3H,1H2,(H2,6,7,8). The maximum absolute atomic E-state index is 10.3. The van der Waals surface area contributed by atoms with Crippen molar-refractivity contribution in [3.05, 3.63) is 28.7 Å². The van der Waals surface area contributed by atoms with E-state index in [2.05, 4.69) is 16.8 Å². The Balaban J connectivity index is 3.18. The molecule has 0 aliphatic heterocycles. The summed E-state index contributed by atoms with van der Waals surface area (Å²) in [6.07, 6.45) is 1.57. The van der Waals surface area contributed by atoms with Gasteiger partial charge in [-0.05, 0) is 6.08 Å². The Morgan fingerprint density at radius 2 is 2.38 bits per heavy atom. The van der Waals surface area contributed by atoms with Crippen LogP contribution in [0.3, 0.4) is 0 Å². The van der Waals surface area contributed by atoms with E-state index < -0.39 is 0 Å². The molecule has 0 aliphatic rings. The molecule has 0 aliphatic carbocycles. The first kappa shape index (κ1) is 4.90. The van der Waals surface area contributed by atoms with Gasteiger partial charge < -0.3 is 0 Å². The Labute approximate surface area is 46.0 Å². The normalized spacial score (nSPS) is 9.00. The maximum atomic E-state index is 10.3.